The number of anilines is 1. The Balaban J connectivity index is 1.61. The minimum absolute atomic E-state index is 0.0958. The highest BCUT2D eigenvalue weighted by molar-refractivity contribution is 5.93. The second-order valence-electron chi connectivity index (χ2n) is 6.41. The number of rotatable bonds is 7. The molecule has 0 radical (unpaired) electrons. The Labute approximate surface area is 147 Å². The van der Waals surface area contributed by atoms with Crippen molar-refractivity contribution in [1.29, 1.82) is 0 Å². The summed E-state index contributed by atoms with van der Waals surface area (Å²) in [4.78, 5) is 25.3. The van der Waals surface area contributed by atoms with Crippen molar-refractivity contribution in [3.05, 3.63) is 54.6 Å². The molecule has 2 aromatic rings. The predicted octanol–water partition coefficient (Wildman–Crippen LogP) is 3.23. The summed E-state index contributed by atoms with van der Waals surface area (Å²) in [6.45, 7) is 1.72. The number of amides is 1. The molecule has 1 aliphatic carbocycles. The molecule has 2 aromatic carbocycles. The molecule has 5 heteroatoms. The zero-order valence-corrected chi connectivity index (χ0v) is 14.2. The van der Waals surface area contributed by atoms with Crippen LogP contribution >= 0.6 is 0 Å². The van der Waals surface area contributed by atoms with Gasteiger partial charge >= 0.3 is 5.97 Å². The third kappa shape index (κ3) is 4.45. The fraction of sp³-hybridized carbons (Fsp3) is 0.300. The molecule has 0 saturated heterocycles. The quantitative estimate of drug-likeness (QED) is 0.813. The van der Waals surface area contributed by atoms with Crippen LogP contribution in [0.4, 0.5) is 5.69 Å². The Hall–Kier alpha value is -2.66. The maximum atomic E-state index is 12.3. The van der Waals surface area contributed by atoms with Gasteiger partial charge in [-0.25, -0.2) is 0 Å². The number of carbonyl (C=O) groups is 2. The lowest BCUT2D eigenvalue weighted by Crippen LogP contribution is -2.44. The highest BCUT2D eigenvalue weighted by Gasteiger charge is 2.36. The Morgan fingerprint density at radius 3 is 2.24 bits per heavy atom. The minimum atomic E-state index is -0.896. The van der Waals surface area contributed by atoms with Gasteiger partial charge in [-0.15, -0.1) is 0 Å². The first-order valence-electron chi connectivity index (χ1n) is 8.48. The zero-order chi connectivity index (χ0) is 17.8. The van der Waals surface area contributed by atoms with Crippen molar-refractivity contribution in [3.63, 3.8) is 0 Å². The lowest BCUT2D eigenvalue weighted by Gasteiger charge is -2.25. The van der Waals surface area contributed by atoms with Crippen molar-refractivity contribution in [2.75, 3.05) is 11.9 Å². The number of carboxylic acids is 1. The summed E-state index contributed by atoms with van der Waals surface area (Å²) in [5.41, 5.74) is 2.91. The second kappa shape index (κ2) is 7.49. The van der Waals surface area contributed by atoms with Gasteiger partial charge in [0.05, 0.1) is 6.54 Å². The highest BCUT2D eigenvalue weighted by Crippen LogP contribution is 2.28. The van der Waals surface area contributed by atoms with Gasteiger partial charge in [0.1, 0.15) is 6.04 Å². The molecule has 2 N–H and O–H groups in total. The van der Waals surface area contributed by atoms with Gasteiger partial charge in [0.15, 0.2) is 0 Å². The molecule has 0 spiro atoms. The van der Waals surface area contributed by atoms with Crippen LogP contribution in [0.2, 0.25) is 0 Å². The summed E-state index contributed by atoms with van der Waals surface area (Å²) < 4.78 is 0. The molecule has 130 valence electrons. The van der Waals surface area contributed by atoms with Crippen molar-refractivity contribution >= 4 is 17.6 Å². The SMILES string of the molecule is CC(C(=O)O)N(CC(=O)Nc1ccc(-c2ccccc2)cc1)C1CC1. The van der Waals surface area contributed by atoms with Crippen molar-refractivity contribution in [1.82, 2.24) is 4.90 Å². The van der Waals surface area contributed by atoms with E-state index in [1.807, 2.05) is 54.6 Å². The van der Waals surface area contributed by atoms with Gasteiger partial charge in [-0.05, 0) is 43.0 Å². The maximum Gasteiger partial charge on any atom is 0.320 e. The van der Waals surface area contributed by atoms with Crippen LogP contribution in [0.3, 0.4) is 0 Å². The number of aliphatic carboxylic acids is 1. The van der Waals surface area contributed by atoms with Gasteiger partial charge in [-0.3, -0.25) is 14.5 Å². The molecule has 0 heterocycles. The Bertz CT molecular complexity index is 739. The summed E-state index contributed by atoms with van der Waals surface area (Å²) in [7, 11) is 0. The Morgan fingerprint density at radius 1 is 1.08 bits per heavy atom. The van der Waals surface area contributed by atoms with Crippen molar-refractivity contribution in [3.8, 4) is 11.1 Å². The third-order valence-corrected chi connectivity index (χ3v) is 4.47. The van der Waals surface area contributed by atoms with E-state index < -0.39 is 12.0 Å². The highest BCUT2D eigenvalue weighted by atomic mass is 16.4. The molecule has 0 bridgehead atoms. The van der Waals surface area contributed by atoms with Crippen LogP contribution in [0, 0.1) is 0 Å². The van der Waals surface area contributed by atoms with E-state index in [9.17, 15) is 14.7 Å². The van der Waals surface area contributed by atoms with Crippen LogP contribution in [-0.4, -0.2) is 40.5 Å². The van der Waals surface area contributed by atoms with Crippen LogP contribution in [0.15, 0.2) is 54.6 Å². The summed E-state index contributed by atoms with van der Waals surface area (Å²) in [6, 6.07) is 17.2. The molecule has 3 rings (SSSR count). The van der Waals surface area contributed by atoms with Crippen LogP contribution in [0.5, 0.6) is 0 Å². The van der Waals surface area contributed by atoms with Crippen LogP contribution < -0.4 is 5.32 Å². The normalized spacial score (nSPS) is 15.0. The van der Waals surface area contributed by atoms with Gasteiger partial charge in [-0.1, -0.05) is 42.5 Å². The summed E-state index contributed by atoms with van der Waals surface area (Å²) in [5.74, 6) is -1.08. The number of hydrogen-bond donors (Lipinski definition) is 2. The molecular formula is C20H22N2O3. The van der Waals surface area contributed by atoms with Gasteiger partial charge in [0.25, 0.3) is 0 Å². The molecule has 1 saturated carbocycles. The smallest absolute Gasteiger partial charge is 0.320 e. The average molecular weight is 338 g/mol. The van der Waals surface area contributed by atoms with Gasteiger partial charge < -0.3 is 10.4 Å². The first-order valence-corrected chi connectivity index (χ1v) is 8.48. The van der Waals surface area contributed by atoms with Gasteiger partial charge in [0, 0.05) is 11.7 Å². The topological polar surface area (TPSA) is 69.6 Å². The predicted molar refractivity (Wildman–Crippen MR) is 97.3 cm³/mol. The molecule has 0 aromatic heterocycles. The Morgan fingerprint density at radius 2 is 1.68 bits per heavy atom. The average Bonchev–Trinajstić information content (AvgIpc) is 3.45. The first kappa shape index (κ1) is 17.2. The molecule has 25 heavy (non-hydrogen) atoms. The van der Waals surface area contributed by atoms with E-state index in [0.29, 0.717) is 5.69 Å². The van der Waals surface area contributed by atoms with Crippen LogP contribution in [0.1, 0.15) is 19.8 Å². The molecule has 5 nitrogen and oxygen atoms in total. The third-order valence-electron chi connectivity index (χ3n) is 4.47. The zero-order valence-electron chi connectivity index (χ0n) is 14.2. The Kier molecular flexibility index (Phi) is 5.14. The maximum absolute atomic E-state index is 12.3. The van der Waals surface area contributed by atoms with Crippen LogP contribution in [-0.2, 0) is 9.59 Å². The van der Waals surface area contributed by atoms with E-state index in [4.69, 9.17) is 0 Å². The van der Waals surface area contributed by atoms with E-state index in [1.165, 1.54) is 0 Å². The van der Waals surface area contributed by atoms with E-state index in [-0.39, 0.29) is 18.5 Å². The summed E-state index contributed by atoms with van der Waals surface area (Å²) in [5, 5.41) is 12.1. The van der Waals surface area contributed by atoms with Crippen molar-refractivity contribution in [2.24, 2.45) is 0 Å². The fourth-order valence-electron chi connectivity index (χ4n) is 2.87. The van der Waals surface area contributed by atoms with E-state index in [1.54, 1.807) is 11.8 Å². The van der Waals surface area contributed by atoms with E-state index in [2.05, 4.69) is 5.32 Å². The molecule has 1 aliphatic rings. The number of benzene rings is 2. The van der Waals surface area contributed by atoms with Crippen LogP contribution in [0.25, 0.3) is 11.1 Å². The molecule has 1 unspecified atom stereocenters. The lowest BCUT2D eigenvalue weighted by atomic mass is 10.1. The van der Waals surface area contributed by atoms with Crippen molar-refractivity contribution < 1.29 is 14.7 Å². The monoisotopic (exact) mass is 338 g/mol. The van der Waals surface area contributed by atoms with Gasteiger partial charge in [0.2, 0.25) is 5.91 Å². The minimum Gasteiger partial charge on any atom is -0.480 e. The largest absolute Gasteiger partial charge is 0.480 e. The second-order valence-corrected chi connectivity index (χ2v) is 6.41. The molecule has 1 amide bonds. The number of carboxylic acid groups (broad SMARTS) is 1. The molecule has 1 atom stereocenters. The number of hydrogen-bond acceptors (Lipinski definition) is 3. The number of nitrogens with zero attached hydrogens (tertiary/aromatic N) is 1. The molecule has 1 fully saturated rings. The summed E-state index contributed by atoms with van der Waals surface area (Å²) in [6.07, 6.45) is 1.91. The molecule has 0 aliphatic heterocycles. The van der Waals surface area contributed by atoms with Gasteiger partial charge in [-0.2, -0.15) is 0 Å². The van der Waals surface area contributed by atoms with E-state index in [0.717, 1.165) is 24.0 Å². The fourth-order valence-corrected chi connectivity index (χ4v) is 2.87. The molecular weight excluding hydrogens is 316 g/mol. The summed E-state index contributed by atoms with van der Waals surface area (Å²) >= 11 is 0. The standard InChI is InChI=1S/C20H22N2O3/c1-14(20(24)25)22(18-11-12-18)13-19(23)21-17-9-7-16(8-10-17)15-5-3-2-4-6-15/h2-10,14,18H,11-13H2,1H3,(H,21,23)(H,24,25). The van der Waals surface area contributed by atoms with Crippen molar-refractivity contribution in [2.45, 2.75) is 31.8 Å². The number of nitrogens with one attached hydrogen (secondary N) is 1. The van der Waals surface area contributed by atoms with E-state index >= 15 is 0 Å². The lowest BCUT2D eigenvalue weighted by molar-refractivity contribution is -0.143. The number of carbonyl (C=O) groups excluding carboxylic acids is 1. The first-order chi connectivity index (χ1) is 12.0.